The van der Waals surface area contributed by atoms with Crippen LogP contribution >= 0.6 is 0 Å². The van der Waals surface area contributed by atoms with Crippen LogP contribution in [0.15, 0.2) is 133 Å². The second-order valence-electron chi connectivity index (χ2n) is 12.8. The molecule has 6 heteroatoms. The summed E-state index contributed by atoms with van der Waals surface area (Å²) in [5.41, 5.74) is 7.66. The van der Waals surface area contributed by atoms with Gasteiger partial charge < -0.3 is 0 Å². The van der Waals surface area contributed by atoms with Crippen molar-refractivity contribution in [1.29, 1.82) is 10.5 Å². The number of nitrogens with zero attached hydrogens (tertiary/aromatic N) is 4. The molecular formula is C43H30N4Si2. The molecular weight excluding hydrogens is 629 g/mol. The van der Waals surface area contributed by atoms with E-state index >= 15 is 0 Å². The molecule has 230 valence electrons. The fourth-order valence-electron chi connectivity index (χ4n) is 7.62. The topological polar surface area (TPSA) is 56.3 Å². The van der Waals surface area contributed by atoms with E-state index in [1.165, 1.54) is 53.4 Å². The fraction of sp³-hybridized carbons (Fsp3) is 0.0698. The van der Waals surface area contributed by atoms with E-state index in [9.17, 15) is 10.5 Å². The molecule has 0 bridgehead atoms. The Morgan fingerprint density at radius 3 is 1.12 bits per heavy atom. The Balaban J connectivity index is 1.44. The highest BCUT2D eigenvalue weighted by atomic mass is 28.3. The first-order valence-electron chi connectivity index (χ1n) is 16.1. The highest BCUT2D eigenvalue weighted by Gasteiger charge is 2.41. The lowest BCUT2D eigenvalue weighted by Gasteiger charge is -2.32. The van der Waals surface area contributed by atoms with Crippen molar-refractivity contribution < 1.29 is 0 Å². The van der Waals surface area contributed by atoms with Gasteiger partial charge in [0.15, 0.2) is 11.4 Å². The van der Waals surface area contributed by atoms with Gasteiger partial charge in [0.25, 0.3) is 0 Å². The Kier molecular flexibility index (Phi) is 7.92. The van der Waals surface area contributed by atoms with Crippen molar-refractivity contribution in [2.45, 2.75) is 19.5 Å². The highest BCUT2D eigenvalue weighted by Crippen LogP contribution is 2.36. The monoisotopic (exact) mass is 658 g/mol. The van der Waals surface area contributed by atoms with E-state index < -0.39 is 16.1 Å². The minimum atomic E-state index is -2.62. The summed E-state index contributed by atoms with van der Waals surface area (Å²) in [6.45, 7) is 19.8. The third kappa shape index (κ3) is 5.09. The lowest BCUT2D eigenvalue weighted by molar-refractivity contribution is 1.29. The fourth-order valence-corrected chi connectivity index (χ4v) is 15.4. The molecule has 4 nitrogen and oxygen atoms in total. The van der Waals surface area contributed by atoms with Gasteiger partial charge in [0.05, 0.1) is 36.4 Å². The van der Waals surface area contributed by atoms with E-state index in [4.69, 9.17) is 13.1 Å². The van der Waals surface area contributed by atoms with Gasteiger partial charge in [0, 0.05) is 0 Å². The predicted octanol–water partition coefficient (Wildman–Crippen LogP) is 6.30. The van der Waals surface area contributed by atoms with Crippen LogP contribution in [0.5, 0.6) is 0 Å². The summed E-state index contributed by atoms with van der Waals surface area (Å²) in [7, 11) is -5.23. The van der Waals surface area contributed by atoms with Crippen molar-refractivity contribution in [3.8, 4) is 23.3 Å². The molecule has 0 atom stereocenters. The second kappa shape index (κ2) is 12.4. The van der Waals surface area contributed by atoms with Crippen LogP contribution in [0.3, 0.4) is 0 Å². The van der Waals surface area contributed by atoms with E-state index in [1.54, 1.807) is 0 Å². The average Bonchev–Trinajstić information content (AvgIpc) is 3.56. The molecule has 0 saturated heterocycles. The standard InChI is InChI=1S/C43H30N4Si2/c1-46-32-15-23-36(24-16-32)49(4,37-25-17-33(47-2)18-26-37)43-10-6-8-39-38-7-5-9-42(40(38)27-41(39)43)48(3,34-19-11-30(28-44)12-20-34)35-21-13-31(29-45)14-22-35/h5-26H,27H2,3-4H3. The molecule has 6 aromatic carbocycles. The molecule has 0 N–H and O–H groups in total. The largest absolute Gasteiger partial charge is 0.238 e. The van der Waals surface area contributed by atoms with Gasteiger partial charge >= 0.3 is 0 Å². The van der Waals surface area contributed by atoms with Crippen molar-refractivity contribution in [2.24, 2.45) is 0 Å². The molecule has 0 spiro atoms. The third-order valence-electron chi connectivity index (χ3n) is 10.4. The predicted molar refractivity (Wildman–Crippen MR) is 203 cm³/mol. The summed E-state index contributed by atoms with van der Waals surface area (Å²) in [6, 6.07) is 50.2. The molecule has 0 amide bonds. The summed E-state index contributed by atoms with van der Waals surface area (Å²) in [4.78, 5) is 7.31. The van der Waals surface area contributed by atoms with Gasteiger partial charge in [-0.05, 0) is 73.7 Å². The van der Waals surface area contributed by atoms with Crippen molar-refractivity contribution in [3.05, 3.63) is 179 Å². The van der Waals surface area contributed by atoms with Crippen molar-refractivity contribution in [3.63, 3.8) is 0 Å². The van der Waals surface area contributed by atoms with E-state index in [2.05, 4.69) is 120 Å². The molecule has 1 aliphatic carbocycles. The molecule has 49 heavy (non-hydrogen) atoms. The summed E-state index contributed by atoms with van der Waals surface area (Å²) < 4.78 is 0. The average molecular weight is 659 g/mol. The van der Waals surface area contributed by atoms with Crippen LogP contribution < -0.4 is 31.1 Å². The lowest BCUT2D eigenvalue weighted by atomic mass is 10.1. The number of fused-ring (bicyclic) bond motifs is 3. The highest BCUT2D eigenvalue weighted by molar-refractivity contribution is 7.11. The van der Waals surface area contributed by atoms with Crippen LogP contribution in [0.2, 0.25) is 13.1 Å². The lowest BCUT2D eigenvalue weighted by Crippen LogP contribution is -2.66. The Morgan fingerprint density at radius 1 is 0.490 bits per heavy atom. The summed E-state index contributed by atoms with van der Waals surface area (Å²) in [6.07, 6.45) is 0.787. The maximum atomic E-state index is 9.57. The molecule has 0 saturated carbocycles. The van der Waals surface area contributed by atoms with Crippen LogP contribution in [0.1, 0.15) is 22.3 Å². The van der Waals surface area contributed by atoms with Crippen molar-refractivity contribution in [1.82, 2.24) is 0 Å². The molecule has 0 radical (unpaired) electrons. The SMILES string of the molecule is [C-]#[N+]c1ccc([Si](C)(c2ccc([N+]#[C-])cc2)c2cccc3c2Cc2c-3cccc2[Si](C)(c2ccc(C#N)cc2)c2ccc(C#N)cc2)cc1. The van der Waals surface area contributed by atoms with Gasteiger partial charge in [-0.3, -0.25) is 0 Å². The normalized spacial score (nSPS) is 11.7. The Hall–Kier alpha value is -6.29. The molecule has 0 fully saturated rings. The molecule has 1 aliphatic rings. The van der Waals surface area contributed by atoms with E-state index in [1.807, 2.05) is 48.5 Å². The van der Waals surface area contributed by atoms with Gasteiger partial charge in [-0.1, -0.05) is 133 Å². The zero-order chi connectivity index (χ0) is 34.2. The first kappa shape index (κ1) is 31.3. The van der Waals surface area contributed by atoms with E-state index in [0.717, 1.165) is 6.42 Å². The maximum Gasteiger partial charge on any atom is 0.187 e. The maximum absolute atomic E-state index is 9.57. The molecule has 0 unspecified atom stereocenters. The Labute approximate surface area is 289 Å². The van der Waals surface area contributed by atoms with Crippen LogP contribution in [0, 0.1) is 35.8 Å². The van der Waals surface area contributed by atoms with Gasteiger partial charge in [-0.2, -0.15) is 10.5 Å². The van der Waals surface area contributed by atoms with E-state index in [0.29, 0.717) is 22.5 Å². The number of nitriles is 2. The van der Waals surface area contributed by atoms with E-state index in [-0.39, 0.29) is 0 Å². The summed E-state index contributed by atoms with van der Waals surface area (Å²) >= 11 is 0. The Morgan fingerprint density at radius 2 is 0.816 bits per heavy atom. The molecule has 0 heterocycles. The number of rotatable bonds is 6. The second-order valence-corrected chi connectivity index (χ2v) is 20.7. The molecule has 6 aromatic rings. The Bertz CT molecular complexity index is 2110. The number of hydrogen-bond donors (Lipinski definition) is 0. The minimum Gasteiger partial charge on any atom is -0.238 e. The third-order valence-corrected chi connectivity index (χ3v) is 19.4. The van der Waals surface area contributed by atoms with Gasteiger partial charge in [-0.25, -0.2) is 9.69 Å². The quantitative estimate of drug-likeness (QED) is 0.120. The summed E-state index contributed by atoms with van der Waals surface area (Å²) in [5, 5.41) is 26.6. The smallest absolute Gasteiger partial charge is 0.187 e. The van der Waals surface area contributed by atoms with Gasteiger partial charge in [0.1, 0.15) is 16.1 Å². The minimum absolute atomic E-state index is 0.619. The molecule has 0 aromatic heterocycles. The van der Waals surface area contributed by atoms with Crippen LogP contribution in [0.25, 0.3) is 20.8 Å². The van der Waals surface area contributed by atoms with Crippen LogP contribution in [-0.2, 0) is 6.42 Å². The molecule has 0 aliphatic heterocycles. The summed E-state index contributed by atoms with van der Waals surface area (Å²) in [5.74, 6) is 0. The van der Waals surface area contributed by atoms with Gasteiger partial charge in [-0.15, -0.1) is 0 Å². The first-order valence-corrected chi connectivity index (χ1v) is 21.1. The molecule has 7 rings (SSSR count). The number of benzene rings is 6. The van der Waals surface area contributed by atoms with Gasteiger partial charge in [0.2, 0.25) is 0 Å². The van der Waals surface area contributed by atoms with Crippen molar-refractivity contribution >= 4 is 58.6 Å². The number of hydrogen-bond acceptors (Lipinski definition) is 2. The first-order chi connectivity index (χ1) is 23.8. The van der Waals surface area contributed by atoms with Crippen molar-refractivity contribution in [2.75, 3.05) is 0 Å². The van der Waals surface area contributed by atoms with Crippen LogP contribution in [0.4, 0.5) is 11.4 Å². The van der Waals surface area contributed by atoms with Crippen LogP contribution in [-0.4, -0.2) is 16.1 Å². The zero-order valence-corrected chi connectivity index (χ0v) is 29.2. The zero-order valence-electron chi connectivity index (χ0n) is 27.2.